The Balaban J connectivity index is 2.39. The van der Waals surface area contributed by atoms with Crippen molar-refractivity contribution in [2.24, 2.45) is 0 Å². The minimum atomic E-state index is -4.55. The number of alkyl halides is 3. The molecule has 0 saturated carbocycles. The lowest BCUT2D eigenvalue weighted by atomic mass is 10.2. The van der Waals surface area contributed by atoms with Crippen LogP contribution in [0.4, 0.5) is 18.9 Å². The van der Waals surface area contributed by atoms with E-state index in [0.717, 1.165) is 29.5 Å². The molecule has 0 saturated heterocycles. The highest BCUT2D eigenvalue weighted by atomic mass is 79.9. The number of hydrogen-bond donors (Lipinski definition) is 1. The van der Waals surface area contributed by atoms with E-state index in [9.17, 15) is 21.6 Å². The second-order valence-electron chi connectivity index (χ2n) is 3.86. The largest absolute Gasteiger partial charge is 0.416 e. The molecule has 0 spiro atoms. The van der Waals surface area contributed by atoms with E-state index in [0.29, 0.717) is 3.79 Å². The summed E-state index contributed by atoms with van der Waals surface area (Å²) in [6, 6.07) is 5.65. The van der Waals surface area contributed by atoms with Gasteiger partial charge in [-0.1, -0.05) is 0 Å². The number of halogens is 5. The second kappa shape index (κ2) is 5.90. The Morgan fingerprint density at radius 3 is 2.29 bits per heavy atom. The summed E-state index contributed by atoms with van der Waals surface area (Å²) in [5.41, 5.74) is -1.11. The predicted octanol–water partition coefficient (Wildman–Crippen LogP) is 5.09. The van der Waals surface area contributed by atoms with Crippen LogP contribution in [0, 0.1) is 0 Å². The summed E-state index contributed by atoms with van der Waals surface area (Å²) in [5.74, 6) is 0. The van der Waals surface area contributed by atoms with E-state index < -0.39 is 21.8 Å². The summed E-state index contributed by atoms with van der Waals surface area (Å²) >= 11 is 7.12. The van der Waals surface area contributed by atoms with Crippen LogP contribution >= 0.6 is 43.2 Å². The van der Waals surface area contributed by atoms with E-state index in [1.54, 1.807) is 6.07 Å². The zero-order valence-corrected chi connectivity index (χ0v) is 14.7. The van der Waals surface area contributed by atoms with Gasteiger partial charge in [-0.3, -0.25) is 4.72 Å². The van der Waals surface area contributed by atoms with Crippen LogP contribution in [0.3, 0.4) is 0 Å². The van der Waals surface area contributed by atoms with E-state index in [-0.39, 0.29) is 14.4 Å². The molecule has 0 atom stereocenters. The van der Waals surface area contributed by atoms with Gasteiger partial charge >= 0.3 is 6.18 Å². The first-order valence-electron chi connectivity index (χ1n) is 5.24. The molecule has 2 aromatic rings. The number of benzene rings is 1. The van der Waals surface area contributed by atoms with Crippen molar-refractivity contribution in [3.63, 3.8) is 0 Å². The number of hydrogen-bond acceptors (Lipinski definition) is 3. The summed E-state index contributed by atoms with van der Waals surface area (Å²) in [4.78, 5) is 0. The molecule has 1 heterocycles. The molecule has 21 heavy (non-hydrogen) atoms. The molecule has 0 fully saturated rings. The molecule has 1 aromatic heterocycles. The molecule has 0 unspecified atom stereocenters. The molecule has 0 aliphatic rings. The quantitative estimate of drug-likeness (QED) is 0.687. The van der Waals surface area contributed by atoms with Crippen LogP contribution in [-0.2, 0) is 16.2 Å². The third-order valence-corrected chi connectivity index (χ3v) is 6.52. The van der Waals surface area contributed by atoms with Crippen molar-refractivity contribution in [3.05, 3.63) is 44.2 Å². The fourth-order valence-electron chi connectivity index (χ4n) is 1.42. The van der Waals surface area contributed by atoms with Crippen LogP contribution in [0.25, 0.3) is 0 Å². The Kier molecular flexibility index (Phi) is 4.72. The normalized spacial score (nSPS) is 12.4. The smallest absolute Gasteiger partial charge is 0.278 e. The van der Waals surface area contributed by atoms with Crippen molar-refractivity contribution in [2.45, 2.75) is 10.4 Å². The predicted molar refractivity (Wildman–Crippen MR) is 82.0 cm³/mol. The molecular weight excluding hydrogens is 459 g/mol. The second-order valence-corrected chi connectivity index (χ2v) is 9.08. The molecule has 0 amide bonds. The SMILES string of the molecule is O=S(=O)(Nc1cc(C(F)(F)F)ccc1Br)c1ccc(Br)s1. The van der Waals surface area contributed by atoms with E-state index in [1.807, 2.05) is 0 Å². The van der Waals surface area contributed by atoms with E-state index in [2.05, 4.69) is 36.6 Å². The van der Waals surface area contributed by atoms with Gasteiger partial charge in [0.1, 0.15) is 4.21 Å². The molecule has 10 heteroatoms. The highest BCUT2D eigenvalue weighted by Gasteiger charge is 2.31. The van der Waals surface area contributed by atoms with Gasteiger partial charge in [0, 0.05) is 4.47 Å². The molecule has 0 aliphatic carbocycles. The van der Waals surface area contributed by atoms with Gasteiger partial charge in [-0.2, -0.15) is 13.2 Å². The van der Waals surface area contributed by atoms with E-state index in [4.69, 9.17) is 0 Å². The molecule has 1 aromatic carbocycles. The third-order valence-electron chi connectivity index (χ3n) is 2.35. The molecular formula is C11H6Br2F3NO2S2. The van der Waals surface area contributed by atoms with Gasteiger partial charge in [-0.15, -0.1) is 11.3 Å². The van der Waals surface area contributed by atoms with Crippen molar-refractivity contribution in [1.82, 2.24) is 0 Å². The lowest BCUT2D eigenvalue weighted by Crippen LogP contribution is -2.13. The van der Waals surface area contributed by atoms with Crippen molar-refractivity contribution in [1.29, 1.82) is 0 Å². The molecule has 2 rings (SSSR count). The number of thiophene rings is 1. The zero-order valence-electron chi connectivity index (χ0n) is 9.91. The zero-order chi connectivity index (χ0) is 15.8. The first-order valence-corrected chi connectivity index (χ1v) is 9.13. The maximum Gasteiger partial charge on any atom is 0.416 e. The van der Waals surface area contributed by atoms with Crippen LogP contribution in [0.2, 0.25) is 0 Å². The van der Waals surface area contributed by atoms with Gasteiger partial charge in [0.2, 0.25) is 0 Å². The number of nitrogens with one attached hydrogen (secondary N) is 1. The average molecular weight is 465 g/mol. The molecule has 0 bridgehead atoms. The van der Waals surface area contributed by atoms with Gasteiger partial charge < -0.3 is 0 Å². The van der Waals surface area contributed by atoms with Crippen LogP contribution in [0.15, 0.2) is 42.8 Å². The van der Waals surface area contributed by atoms with E-state index >= 15 is 0 Å². The monoisotopic (exact) mass is 463 g/mol. The Labute approximate surface area is 139 Å². The Bertz CT molecular complexity index is 772. The standard InChI is InChI=1S/C11H6Br2F3NO2S2/c12-7-2-1-6(11(14,15)16)5-8(7)17-21(18,19)10-4-3-9(13)20-10/h1-5,17H. The summed E-state index contributed by atoms with van der Waals surface area (Å²) in [5, 5.41) is 0. The Hall–Kier alpha value is -0.580. The number of anilines is 1. The van der Waals surface area contributed by atoms with Gasteiger partial charge in [0.25, 0.3) is 10.0 Å². The minimum Gasteiger partial charge on any atom is -0.278 e. The van der Waals surface area contributed by atoms with Gasteiger partial charge in [0.05, 0.1) is 15.0 Å². The fourth-order valence-corrected chi connectivity index (χ4v) is 4.97. The van der Waals surface area contributed by atoms with Crippen LogP contribution < -0.4 is 4.72 Å². The maximum atomic E-state index is 12.7. The van der Waals surface area contributed by atoms with Crippen LogP contribution in [-0.4, -0.2) is 8.42 Å². The highest BCUT2D eigenvalue weighted by Crippen LogP contribution is 2.35. The minimum absolute atomic E-state index is 0.00122. The van der Waals surface area contributed by atoms with Gasteiger partial charge in [-0.25, -0.2) is 8.42 Å². The topological polar surface area (TPSA) is 46.2 Å². The van der Waals surface area contributed by atoms with Crippen LogP contribution in [0.1, 0.15) is 5.56 Å². The Morgan fingerprint density at radius 2 is 1.76 bits per heavy atom. The number of rotatable bonds is 3. The molecule has 0 radical (unpaired) electrons. The summed E-state index contributed by atoms with van der Waals surface area (Å²) in [6.07, 6.45) is -4.55. The molecule has 0 aliphatic heterocycles. The molecule has 114 valence electrons. The van der Waals surface area contributed by atoms with Crippen LogP contribution in [0.5, 0.6) is 0 Å². The summed E-state index contributed by atoms with van der Waals surface area (Å²) in [6.45, 7) is 0. The molecule has 3 nitrogen and oxygen atoms in total. The fraction of sp³-hybridized carbons (Fsp3) is 0.0909. The number of sulfonamides is 1. The van der Waals surface area contributed by atoms with Gasteiger partial charge in [-0.05, 0) is 62.2 Å². The Morgan fingerprint density at radius 1 is 1.10 bits per heavy atom. The first kappa shape index (κ1) is 16.8. The first-order chi connectivity index (χ1) is 9.59. The molecule has 1 N–H and O–H groups in total. The van der Waals surface area contributed by atoms with Crippen molar-refractivity contribution < 1.29 is 21.6 Å². The highest BCUT2D eigenvalue weighted by molar-refractivity contribution is 9.11. The maximum absolute atomic E-state index is 12.7. The lowest BCUT2D eigenvalue weighted by molar-refractivity contribution is -0.137. The van der Waals surface area contributed by atoms with E-state index in [1.165, 1.54) is 6.07 Å². The van der Waals surface area contributed by atoms with Gasteiger partial charge in [0.15, 0.2) is 0 Å². The van der Waals surface area contributed by atoms with Crippen molar-refractivity contribution in [3.8, 4) is 0 Å². The van der Waals surface area contributed by atoms with Crippen molar-refractivity contribution in [2.75, 3.05) is 4.72 Å². The summed E-state index contributed by atoms with van der Waals surface area (Å²) in [7, 11) is -3.94. The average Bonchev–Trinajstić information content (AvgIpc) is 2.78. The summed E-state index contributed by atoms with van der Waals surface area (Å²) < 4.78 is 65.2. The van der Waals surface area contributed by atoms with Crippen molar-refractivity contribution >= 4 is 58.9 Å². The third kappa shape index (κ3) is 3.99. The lowest BCUT2D eigenvalue weighted by Gasteiger charge is -2.12.